The van der Waals surface area contributed by atoms with E-state index < -0.39 is 0 Å². The van der Waals surface area contributed by atoms with Gasteiger partial charge in [0.1, 0.15) is 0 Å². The fourth-order valence-electron chi connectivity index (χ4n) is 1.42. The monoisotopic (exact) mass is 304 g/mol. The summed E-state index contributed by atoms with van der Waals surface area (Å²) in [4.78, 5) is 6.78. The van der Waals surface area contributed by atoms with E-state index in [-0.39, 0.29) is 0 Å². The molecule has 5 heteroatoms. The highest BCUT2D eigenvalue weighted by Crippen LogP contribution is 2.25. The zero-order valence-electron chi connectivity index (χ0n) is 8.52. The van der Waals surface area contributed by atoms with E-state index in [4.69, 9.17) is 0 Å². The van der Waals surface area contributed by atoms with Crippen LogP contribution in [-0.2, 0) is 6.54 Å². The van der Waals surface area contributed by atoms with E-state index in [2.05, 4.69) is 49.7 Å². The van der Waals surface area contributed by atoms with Gasteiger partial charge in [-0.25, -0.2) is 0 Å². The van der Waals surface area contributed by atoms with Crippen LogP contribution in [-0.4, -0.2) is 34.2 Å². The van der Waals surface area contributed by atoms with Crippen LogP contribution in [0, 0.1) is 0 Å². The Morgan fingerprint density at radius 3 is 3.13 bits per heavy atom. The zero-order valence-corrected chi connectivity index (χ0v) is 11.7. The molecule has 15 heavy (non-hydrogen) atoms. The number of amidine groups is 1. The number of nitrogens with zero attached hydrogens (tertiary/aromatic N) is 2. The fraction of sp³-hybridized carbons (Fsp3) is 0.500. The summed E-state index contributed by atoms with van der Waals surface area (Å²) in [5.74, 6) is 0. The van der Waals surface area contributed by atoms with Crippen LogP contribution in [0.2, 0.25) is 0 Å². The van der Waals surface area contributed by atoms with Gasteiger partial charge in [0.25, 0.3) is 0 Å². The van der Waals surface area contributed by atoms with Gasteiger partial charge in [-0.15, -0.1) is 0 Å². The second-order valence-corrected chi connectivity index (χ2v) is 6.20. The quantitative estimate of drug-likeness (QED) is 0.798. The van der Waals surface area contributed by atoms with E-state index in [1.165, 1.54) is 10.7 Å². The van der Waals surface area contributed by atoms with Crippen molar-refractivity contribution in [3.05, 3.63) is 22.4 Å². The number of alkyl halides is 1. The van der Waals surface area contributed by atoms with Crippen molar-refractivity contribution < 1.29 is 0 Å². The third-order valence-electron chi connectivity index (χ3n) is 2.20. The van der Waals surface area contributed by atoms with Crippen molar-refractivity contribution in [2.24, 2.45) is 4.99 Å². The Bertz CT molecular complexity index is 337. The van der Waals surface area contributed by atoms with E-state index in [1.54, 1.807) is 11.3 Å². The molecule has 0 spiro atoms. The highest BCUT2D eigenvalue weighted by Gasteiger charge is 2.21. The van der Waals surface area contributed by atoms with Gasteiger partial charge in [0.15, 0.2) is 5.17 Å². The molecule has 0 bridgehead atoms. The Hall–Kier alpha value is -0.000000000000000111. The van der Waals surface area contributed by atoms with Gasteiger partial charge in [-0.2, -0.15) is 11.3 Å². The topological polar surface area (TPSA) is 15.6 Å². The molecule has 82 valence electrons. The Morgan fingerprint density at radius 1 is 1.67 bits per heavy atom. The lowest BCUT2D eigenvalue weighted by atomic mass is 10.3. The molecular weight excluding hydrogens is 292 g/mol. The fourth-order valence-corrected chi connectivity index (χ4v) is 3.58. The molecule has 0 saturated heterocycles. The maximum absolute atomic E-state index is 4.55. The highest BCUT2D eigenvalue weighted by atomic mass is 79.9. The first-order valence-corrected chi connectivity index (χ1v) is 7.73. The molecule has 0 aromatic carbocycles. The van der Waals surface area contributed by atoms with Crippen molar-refractivity contribution in [1.29, 1.82) is 0 Å². The van der Waals surface area contributed by atoms with Crippen LogP contribution in [0.5, 0.6) is 0 Å². The molecule has 0 radical (unpaired) electrons. The number of hydrogen-bond acceptors (Lipinski definition) is 4. The standard InChI is InChI=1S/C10H13BrN2S2/c1-13(6-8-2-3-14-7-8)10-12-5-9(4-11)15-10/h2-3,7,9H,4-6H2,1H3. The maximum atomic E-state index is 4.55. The lowest BCUT2D eigenvalue weighted by molar-refractivity contribution is 0.511. The molecule has 1 atom stereocenters. The lowest BCUT2D eigenvalue weighted by Crippen LogP contribution is -2.22. The second-order valence-electron chi connectivity index (χ2n) is 3.51. The molecule has 2 nitrogen and oxygen atoms in total. The number of thioether (sulfide) groups is 1. The van der Waals surface area contributed by atoms with E-state index in [0.29, 0.717) is 5.25 Å². The number of rotatable bonds is 3. The molecule has 1 unspecified atom stereocenters. The largest absolute Gasteiger partial charge is 0.350 e. The molecular formula is C10H13BrN2S2. The van der Waals surface area contributed by atoms with Crippen molar-refractivity contribution in [2.45, 2.75) is 11.8 Å². The molecule has 1 aromatic rings. The van der Waals surface area contributed by atoms with E-state index in [9.17, 15) is 0 Å². The minimum absolute atomic E-state index is 0.616. The predicted octanol–water partition coefficient (Wildman–Crippen LogP) is 3.05. The lowest BCUT2D eigenvalue weighted by Gasteiger charge is -2.17. The minimum atomic E-state index is 0.616. The van der Waals surface area contributed by atoms with Crippen molar-refractivity contribution in [1.82, 2.24) is 4.90 Å². The van der Waals surface area contributed by atoms with Crippen LogP contribution in [0.25, 0.3) is 0 Å². The van der Waals surface area contributed by atoms with Gasteiger partial charge >= 0.3 is 0 Å². The van der Waals surface area contributed by atoms with Crippen LogP contribution >= 0.6 is 39.0 Å². The van der Waals surface area contributed by atoms with Gasteiger partial charge in [0.05, 0.1) is 6.54 Å². The van der Waals surface area contributed by atoms with Crippen LogP contribution in [0.15, 0.2) is 21.8 Å². The molecule has 0 saturated carbocycles. The third kappa shape index (κ3) is 2.98. The number of aliphatic imine (C=N–C) groups is 1. The first kappa shape index (κ1) is 11.5. The van der Waals surface area contributed by atoms with Gasteiger partial charge in [0.2, 0.25) is 0 Å². The first-order chi connectivity index (χ1) is 7.29. The minimum Gasteiger partial charge on any atom is -0.350 e. The maximum Gasteiger partial charge on any atom is 0.159 e. The van der Waals surface area contributed by atoms with Crippen LogP contribution < -0.4 is 0 Å². The van der Waals surface area contributed by atoms with E-state index in [1.807, 2.05) is 11.8 Å². The van der Waals surface area contributed by atoms with Gasteiger partial charge in [-0.05, 0) is 22.4 Å². The Balaban J connectivity index is 1.89. The number of thiophene rings is 1. The first-order valence-electron chi connectivity index (χ1n) is 4.79. The Morgan fingerprint density at radius 2 is 2.53 bits per heavy atom. The van der Waals surface area contributed by atoms with Crippen molar-refractivity contribution in [3.8, 4) is 0 Å². The smallest absolute Gasteiger partial charge is 0.159 e. The molecule has 0 aliphatic carbocycles. The summed E-state index contributed by atoms with van der Waals surface area (Å²) in [6, 6.07) is 2.17. The second kappa shape index (κ2) is 5.37. The van der Waals surface area contributed by atoms with Crippen molar-refractivity contribution >= 4 is 44.2 Å². The normalized spacial score (nSPS) is 20.4. The molecule has 1 aliphatic rings. The molecule has 0 N–H and O–H groups in total. The molecule has 1 aliphatic heterocycles. The van der Waals surface area contributed by atoms with Crippen LogP contribution in [0.3, 0.4) is 0 Å². The Kier molecular flexibility index (Phi) is 4.11. The highest BCUT2D eigenvalue weighted by molar-refractivity contribution is 9.09. The molecule has 1 aromatic heterocycles. The summed E-state index contributed by atoms with van der Waals surface area (Å²) in [6.45, 7) is 1.91. The molecule has 0 fully saturated rings. The number of halogens is 1. The summed E-state index contributed by atoms with van der Waals surface area (Å²) in [6.07, 6.45) is 0. The summed E-state index contributed by atoms with van der Waals surface area (Å²) in [5.41, 5.74) is 1.37. The van der Waals surface area contributed by atoms with Gasteiger partial charge in [0, 0.05) is 24.2 Å². The predicted molar refractivity (Wildman–Crippen MR) is 73.3 cm³/mol. The SMILES string of the molecule is CN(Cc1ccsc1)C1=NCC(CBr)S1. The molecule has 2 heterocycles. The van der Waals surface area contributed by atoms with E-state index in [0.717, 1.165) is 18.4 Å². The van der Waals surface area contributed by atoms with Gasteiger partial charge in [-0.3, -0.25) is 4.99 Å². The molecule has 0 amide bonds. The molecule has 2 rings (SSSR count). The van der Waals surface area contributed by atoms with Crippen molar-refractivity contribution in [3.63, 3.8) is 0 Å². The summed E-state index contributed by atoms with van der Waals surface area (Å²) in [7, 11) is 2.11. The van der Waals surface area contributed by atoms with E-state index >= 15 is 0 Å². The van der Waals surface area contributed by atoms with Gasteiger partial charge in [-0.1, -0.05) is 27.7 Å². The average molecular weight is 305 g/mol. The summed E-state index contributed by atoms with van der Waals surface area (Å²) < 4.78 is 0. The third-order valence-corrected chi connectivity index (χ3v) is 5.44. The zero-order chi connectivity index (χ0) is 10.7. The van der Waals surface area contributed by atoms with Crippen molar-refractivity contribution in [2.75, 3.05) is 18.9 Å². The average Bonchev–Trinajstić information content (AvgIpc) is 2.86. The number of hydrogen-bond donors (Lipinski definition) is 0. The van der Waals surface area contributed by atoms with Crippen LogP contribution in [0.4, 0.5) is 0 Å². The van der Waals surface area contributed by atoms with Gasteiger partial charge < -0.3 is 4.90 Å². The van der Waals surface area contributed by atoms with Crippen LogP contribution in [0.1, 0.15) is 5.56 Å². The summed E-state index contributed by atoms with van der Waals surface area (Å²) in [5, 5.41) is 7.12. The Labute approximate surface area is 107 Å². The summed E-state index contributed by atoms with van der Waals surface area (Å²) >= 11 is 7.12.